The molecule has 4 N–H and O–H groups in total. The topological polar surface area (TPSA) is 142 Å². The number of aromatic nitrogens is 2. The Kier molecular flexibility index (Phi) is 13.8. The van der Waals surface area contributed by atoms with Crippen LogP contribution in [0.15, 0.2) is 158 Å². The third-order valence-corrected chi connectivity index (χ3v) is 9.66. The second-order valence-corrected chi connectivity index (χ2v) is 14.0. The third-order valence-electron chi connectivity index (χ3n) is 9.66. The van der Waals surface area contributed by atoms with Crippen LogP contribution < -0.4 is 10.6 Å². The van der Waals surface area contributed by atoms with Crippen molar-refractivity contribution in [2.45, 2.75) is 19.3 Å². The number of anilines is 2. The molecule has 0 aliphatic heterocycles. The van der Waals surface area contributed by atoms with Gasteiger partial charge in [-0.1, -0.05) is 72.8 Å². The van der Waals surface area contributed by atoms with Gasteiger partial charge in [0.05, 0.1) is 27.7 Å². The normalized spacial score (nSPS) is 11.1. The number of alkyl halides is 6. The van der Waals surface area contributed by atoms with E-state index in [4.69, 9.17) is 10.2 Å². The highest BCUT2D eigenvalue weighted by Crippen LogP contribution is 2.34. The van der Waals surface area contributed by atoms with E-state index in [-0.39, 0.29) is 11.5 Å². The lowest BCUT2D eigenvalue weighted by Gasteiger charge is -2.12. The first-order valence-corrected chi connectivity index (χ1v) is 19.1. The summed E-state index contributed by atoms with van der Waals surface area (Å²) < 4.78 is 77.0. The lowest BCUT2D eigenvalue weighted by atomic mass is 9.98. The van der Waals surface area contributed by atoms with E-state index in [1.54, 1.807) is 85.1 Å². The summed E-state index contributed by atoms with van der Waals surface area (Å²) in [7, 11) is 1.00. The molecule has 15 heteroatoms. The summed E-state index contributed by atoms with van der Waals surface area (Å²) in [5, 5.41) is 23.3. The van der Waals surface area contributed by atoms with Crippen LogP contribution in [-0.2, 0) is 12.4 Å². The summed E-state index contributed by atoms with van der Waals surface area (Å²) in [6, 6.07) is 36.6. The van der Waals surface area contributed by atoms with Crippen LogP contribution in [0, 0.1) is 6.92 Å². The molecule has 2 aromatic heterocycles. The number of amides is 2. The predicted octanol–water partition coefficient (Wildman–Crippen LogP) is 12.0. The summed E-state index contributed by atoms with van der Waals surface area (Å²) >= 11 is 0. The van der Waals surface area contributed by atoms with E-state index in [0.29, 0.717) is 55.7 Å². The Balaban J connectivity index is 0.000000205. The molecule has 0 fully saturated rings. The monoisotopic (exact) mass is 874 g/mol. The van der Waals surface area contributed by atoms with Gasteiger partial charge >= 0.3 is 18.3 Å². The fourth-order valence-electron chi connectivity index (χ4n) is 6.57. The Bertz CT molecular complexity index is 2970. The Hall–Kier alpha value is -7.91. The lowest BCUT2D eigenvalue weighted by Crippen LogP contribution is -2.13. The van der Waals surface area contributed by atoms with Crippen molar-refractivity contribution < 1.29 is 50.9 Å². The van der Waals surface area contributed by atoms with Gasteiger partial charge in [-0.05, 0) is 108 Å². The van der Waals surface area contributed by atoms with Crippen molar-refractivity contribution in [1.82, 2.24) is 9.97 Å². The number of hydrogen-bond acceptors (Lipinski definition) is 6. The summed E-state index contributed by atoms with van der Waals surface area (Å²) in [5.41, 5.74) is 4.62. The van der Waals surface area contributed by atoms with E-state index >= 15 is 0 Å². The number of carboxylic acids is 1. The van der Waals surface area contributed by atoms with Crippen molar-refractivity contribution >= 4 is 51.0 Å². The molecule has 0 saturated carbocycles. The van der Waals surface area contributed by atoms with Crippen LogP contribution in [0.25, 0.3) is 44.1 Å². The SMILES string of the molecule is CO.Cc1cnc2cc(NC(=O)c3ccccc3-c3ccc(C(F)(F)F)cc3)ccc2c1.O=C(O)c1cnc2cc(NC(=O)c3ccccc3-c3ccc(C(F)(F)F)cc3)ccc2c1. The number of nitrogens with zero attached hydrogens (tertiary/aromatic N) is 2. The minimum atomic E-state index is -4.44. The van der Waals surface area contributed by atoms with Gasteiger partial charge in [0.15, 0.2) is 0 Å². The maximum atomic E-state index is 12.9. The molecule has 9 nitrogen and oxygen atoms in total. The Labute approximate surface area is 361 Å². The van der Waals surface area contributed by atoms with Gasteiger partial charge in [-0.2, -0.15) is 26.3 Å². The highest BCUT2D eigenvalue weighted by molar-refractivity contribution is 6.10. The molecule has 2 amide bonds. The van der Waals surface area contributed by atoms with Gasteiger partial charge in [-0.25, -0.2) is 4.79 Å². The number of aryl methyl sites for hydroxylation is 1. The van der Waals surface area contributed by atoms with Gasteiger partial charge in [0.2, 0.25) is 0 Å². The molecule has 6 aromatic carbocycles. The second-order valence-electron chi connectivity index (χ2n) is 14.0. The molecule has 0 bridgehead atoms. The number of benzene rings is 6. The number of rotatable bonds is 7. The first-order chi connectivity index (χ1) is 30.5. The number of carbonyl (C=O) groups is 3. The van der Waals surface area contributed by atoms with Gasteiger partial charge in [0, 0.05) is 52.8 Å². The van der Waals surface area contributed by atoms with Crippen LogP contribution >= 0.6 is 0 Å². The highest BCUT2D eigenvalue weighted by atomic mass is 19.4. The van der Waals surface area contributed by atoms with E-state index in [0.717, 1.165) is 47.8 Å². The number of fused-ring (bicyclic) bond motifs is 2. The molecule has 324 valence electrons. The number of halogens is 6. The second kappa shape index (κ2) is 19.4. The van der Waals surface area contributed by atoms with Gasteiger partial charge in [0.25, 0.3) is 11.8 Å². The molecule has 64 heavy (non-hydrogen) atoms. The highest BCUT2D eigenvalue weighted by Gasteiger charge is 2.31. The van der Waals surface area contributed by atoms with Crippen molar-refractivity contribution in [3.05, 3.63) is 191 Å². The van der Waals surface area contributed by atoms with Crippen LogP contribution in [0.1, 0.15) is 47.8 Å². The fourth-order valence-corrected chi connectivity index (χ4v) is 6.57. The molecule has 0 aliphatic carbocycles. The Morgan fingerprint density at radius 2 is 0.922 bits per heavy atom. The lowest BCUT2D eigenvalue weighted by molar-refractivity contribution is -0.138. The molecule has 0 unspecified atom stereocenters. The van der Waals surface area contributed by atoms with Crippen molar-refractivity contribution in [1.29, 1.82) is 0 Å². The summed E-state index contributed by atoms with van der Waals surface area (Å²) in [6.45, 7) is 1.96. The summed E-state index contributed by atoms with van der Waals surface area (Å²) in [4.78, 5) is 45.4. The number of pyridine rings is 2. The number of nitrogens with one attached hydrogen (secondary N) is 2. The zero-order chi connectivity index (χ0) is 46.2. The van der Waals surface area contributed by atoms with E-state index in [9.17, 15) is 40.7 Å². The fraction of sp³-hybridized carbons (Fsp3) is 0.0816. The van der Waals surface area contributed by atoms with Gasteiger partial charge in [-0.3, -0.25) is 19.6 Å². The maximum absolute atomic E-state index is 12.9. The molecule has 8 aromatic rings. The van der Waals surface area contributed by atoms with Crippen molar-refractivity contribution in [3.8, 4) is 22.3 Å². The zero-order valence-electron chi connectivity index (χ0n) is 33.8. The first-order valence-electron chi connectivity index (χ1n) is 19.1. The van der Waals surface area contributed by atoms with Crippen LogP contribution in [-0.4, -0.2) is 45.1 Å². The molecule has 8 rings (SSSR count). The van der Waals surface area contributed by atoms with E-state index in [1.165, 1.54) is 36.5 Å². The molecule has 0 radical (unpaired) electrons. The van der Waals surface area contributed by atoms with Gasteiger partial charge in [-0.15, -0.1) is 0 Å². The van der Waals surface area contributed by atoms with Crippen LogP contribution in [0.3, 0.4) is 0 Å². The van der Waals surface area contributed by atoms with Gasteiger partial charge in [0.1, 0.15) is 0 Å². The molecular weight excluding hydrogens is 839 g/mol. The summed E-state index contributed by atoms with van der Waals surface area (Å²) in [6.07, 6.45) is -5.85. The van der Waals surface area contributed by atoms with E-state index < -0.39 is 35.4 Å². The maximum Gasteiger partial charge on any atom is 0.416 e. The number of hydrogen-bond donors (Lipinski definition) is 4. The number of carboxylic acid groups (broad SMARTS) is 1. The number of aliphatic hydroxyl groups excluding tert-OH is 1. The van der Waals surface area contributed by atoms with E-state index in [1.807, 2.05) is 19.1 Å². The molecule has 0 saturated heterocycles. The first kappa shape index (κ1) is 45.6. The average Bonchev–Trinajstić information content (AvgIpc) is 3.29. The standard InChI is InChI=1S/C24H15F3N2O3.C24H17F3N2O.CH4O/c25-24(26,27)17-8-5-14(6-9-17)19-3-1-2-4-20(19)22(30)29-18-10-7-15-11-16(23(31)32)13-28-21(15)12-18;1-15-12-17-8-11-19(13-22(17)28-14-15)29-23(30)21-5-3-2-4-20(21)16-6-9-18(10-7-16)24(25,26)27;1-2/h1-13H,(H,29,30)(H,31,32);2-14H,1H3,(H,29,30);2H,1H3. The van der Waals surface area contributed by atoms with E-state index in [2.05, 4.69) is 20.6 Å². The summed E-state index contributed by atoms with van der Waals surface area (Å²) in [5.74, 6) is -1.88. The zero-order valence-corrected chi connectivity index (χ0v) is 33.8. The molecular formula is C49H36F6N4O5. The quantitative estimate of drug-likeness (QED) is 0.117. The minimum absolute atomic E-state index is 0.0553. The number of carbonyl (C=O) groups excluding carboxylic acids is 2. The molecule has 0 aliphatic rings. The average molecular weight is 875 g/mol. The third kappa shape index (κ3) is 10.9. The number of aliphatic hydroxyl groups is 1. The van der Waals surface area contributed by atoms with Crippen LogP contribution in [0.2, 0.25) is 0 Å². The van der Waals surface area contributed by atoms with Crippen LogP contribution in [0.4, 0.5) is 37.7 Å². The minimum Gasteiger partial charge on any atom is -0.478 e. The van der Waals surface area contributed by atoms with Crippen molar-refractivity contribution in [2.24, 2.45) is 0 Å². The van der Waals surface area contributed by atoms with Crippen molar-refractivity contribution in [2.75, 3.05) is 17.7 Å². The molecule has 2 heterocycles. The number of aromatic carboxylic acids is 1. The largest absolute Gasteiger partial charge is 0.478 e. The molecule has 0 spiro atoms. The smallest absolute Gasteiger partial charge is 0.416 e. The Morgan fingerprint density at radius 1 is 0.516 bits per heavy atom. The Morgan fingerprint density at radius 3 is 1.34 bits per heavy atom. The molecule has 0 atom stereocenters. The van der Waals surface area contributed by atoms with Crippen molar-refractivity contribution in [3.63, 3.8) is 0 Å². The van der Waals surface area contributed by atoms with Crippen LogP contribution in [0.5, 0.6) is 0 Å². The predicted molar refractivity (Wildman–Crippen MR) is 233 cm³/mol. The van der Waals surface area contributed by atoms with Gasteiger partial charge < -0.3 is 20.8 Å².